The van der Waals surface area contributed by atoms with Crippen LogP contribution in [-0.4, -0.2) is 29.6 Å². The number of carbonyl (C=O) groups is 1. The average Bonchev–Trinajstić information content (AvgIpc) is 2.83. The molecule has 2 atom stereocenters. The fourth-order valence-corrected chi connectivity index (χ4v) is 3.54. The van der Waals surface area contributed by atoms with Crippen molar-refractivity contribution in [2.24, 2.45) is 0 Å². The molecule has 2 aliphatic heterocycles. The van der Waals surface area contributed by atoms with Gasteiger partial charge in [-0.1, -0.05) is 31.4 Å². The predicted octanol–water partition coefficient (Wildman–Crippen LogP) is 4.52. The molecule has 0 bridgehead atoms. The maximum atomic E-state index is 11.3. The van der Waals surface area contributed by atoms with Crippen LogP contribution in [0.2, 0.25) is 0 Å². The third-order valence-electron chi connectivity index (χ3n) is 5.18. The van der Waals surface area contributed by atoms with Gasteiger partial charge >= 0.3 is 0 Å². The largest absolute Gasteiger partial charge is 0.508 e. The highest BCUT2D eigenvalue weighted by Crippen LogP contribution is 2.37. The molecule has 4 aliphatic rings. The van der Waals surface area contributed by atoms with E-state index in [1.165, 1.54) is 12.2 Å². The van der Waals surface area contributed by atoms with Gasteiger partial charge in [0.15, 0.2) is 17.3 Å². The van der Waals surface area contributed by atoms with Crippen molar-refractivity contribution in [1.29, 1.82) is 0 Å². The molecular formula is C27H26N2O5. The Labute approximate surface area is 198 Å². The number of phenolic OH excluding ortho intramolecular Hbond substituents is 1. The standard InChI is InChI=1S/C14H15NO3.C13H11NO2/c1-3-11-13(7-8-17-4-2)18-14-9-10(16)5-6-12(14)15-11;1-8-2-4-10-12(6-8)16-13-7-9(15)3-5-11(13)14-10/h3,5-9,12,15H,1,4H2,2H3;2-7,10,14-15H,1H2/b8-7+;. The Bertz CT molecular complexity index is 1200. The molecule has 5 rings (SSSR count). The van der Waals surface area contributed by atoms with E-state index >= 15 is 0 Å². The number of fused-ring (bicyclic) bond motifs is 3. The average molecular weight is 459 g/mol. The number of phenols is 1. The van der Waals surface area contributed by atoms with E-state index in [4.69, 9.17) is 14.2 Å². The maximum absolute atomic E-state index is 11.3. The van der Waals surface area contributed by atoms with Gasteiger partial charge in [0.1, 0.15) is 29.4 Å². The van der Waals surface area contributed by atoms with E-state index in [-0.39, 0.29) is 23.6 Å². The summed E-state index contributed by atoms with van der Waals surface area (Å²) < 4.78 is 16.5. The van der Waals surface area contributed by atoms with Crippen molar-refractivity contribution < 1.29 is 24.1 Å². The zero-order chi connectivity index (χ0) is 24.1. The summed E-state index contributed by atoms with van der Waals surface area (Å²) in [6.45, 7) is 10.1. The number of allylic oxidation sites excluding steroid dienone is 7. The van der Waals surface area contributed by atoms with Gasteiger partial charge in [0, 0.05) is 18.2 Å². The Balaban J connectivity index is 0.000000162. The molecule has 0 radical (unpaired) electrons. The van der Waals surface area contributed by atoms with Crippen molar-refractivity contribution in [3.05, 3.63) is 115 Å². The van der Waals surface area contributed by atoms with Crippen LogP contribution in [0.5, 0.6) is 11.5 Å². The van der Waals surface area contributed by atoms with Crippen LogP contribution in [0.3, 0.4) is 0 Å². The van der Waals surface area contributed by atoms with Crippen LogP contribution >= 0.6 is 0 Å². The van der Waals surface area contributed by atoms with E-state index in [1.807, 2.05) is 25.2 Å². The van der Waals surface area contributed by atoms with Gasteiger partial charge in [-0.15, -0.1) is 0 Å². The van der Waals surface area contributed by atoms with Crippen molar-refractivity contribution in [2.75, 3.05) is 11.9 Å². The number of ether oxygens (including phenoxy) is 3. The molecule has 174 valence electrons. The number of anilines is 1. The molecule has 34 heavy (non-hydrogen) atoms. The van der Waals surface area contributed by atoms with Gasteiger partial charge < -0.3 is 30.0 Å². The topological polar surface area (TPSA) is 89.1 Å². The second-order valence-electron chi connectivity index (χ2n) is 7.66. The molecule has 0 spiro atoms. The highest BCUT2D eigenvalue weighted by atomic mass is 16.5. The molecule has 0 saturated heterocycles. The molecule has 7 heteroatoms. The molecule has 0 fully saturated rings. The molecule has 0 amide bonds. The third-order valence-corrected chi connectivity index (χ3v) is 5.18. The lowest BCUT2D eigenvalue weighted by Crippen LogP contribution is -2.35. The predicted molar refractivity (Wildman–Crippen MR) is 131 cm³/mol. The highest BCUT2D eigenvalue weighted by Gasteiger charge is 2.26. The highest BCUT2D eigenvalue weighted by molar-refractivity contribution is 6.00. The van der Waals surface area contributed by atoms with Gasteiger partial charge in [-0.3, -0.25) is 4.79 Å². The Morgan fingerprint density at radius 3 is 2.68 bits per heavy atom. The summed E-state index contributed by atoms with van der Waals surface area (Å²) in [5.74, 6) is 2.76. The minimum absolute atomic E-state index is 0.0579. The second kappa shape index (κ2) is 10.0. The Hall–Kier alpha value is -4.39. The fourth-order valence-electron chi connectivity index (χ4n) is 3.54. The summed E-state index contributed by atoms with van der Waals surface area (Å²) in [6.07, 6.45) is 15.6. The lowest BCUT2D eigenvalue weighted by molar-refractivity contribution is -0.110. The first-order valence-corrected chi connectivity index (χ1v) is 10.9. The molecule has 0 aromatic heterocycles. The summed E-state index contributed by atoms with van der Waals surface area (Å²) in [7, 11) is 0. The van der Waals surface area contributed by atoms with Crippen LogP contribution in [0.1, 0.15) is 6.92 Å². The van der Waals surface area contributed by atoms with Crippen molar-refractivity contribution in [1.82, 2.24) is 5.32 Å². The van der Waals surface area contributed by atoms with Crippen molar-refractivity contribution in [3.8, 4) is 11.5 Å². The van der Waals surface area contributed by atoms with Crippen molar-refractivity contribution in [3.63, 3.8) is 0 Å². The van der Waals surface area contributed by atoms with Crippen LogP contribution in [0.15, 0.2) is 115 Å². The monoisotopic (exact) mass is 458 g/mol. The first-order chi connectivity index (χ1) is 16.5. The van der Waals surface area contributed by atoms with E-state index < -0.39 is 0 Å². The maximum Gasteiger partial charge on any atom is 0.181 e. The summed E-state index contributed by atoms with van der Waals surface area (Å²) in [5.41, 5.74) is 2.57. The van der Waals surface area contributed by atoms with E-state index in [9.17, 15) is 9.90 Å². The lowest BCUT2D eigenvalue weighted by Gasteiger charge is -2.29. The third kappa shape index (κ3) is 5.15. The van der Waals surface area contributed by atoms with Gasteiger partial charge in [0.05, 0.1) is 24.3 Å². The molecular weight excluding hydrogens is 432 g/mol. The number of hydrogen-bond acceptors (Lipinski definition) is 7. The van der Waals surface area contributed by atoms with E-state index in [0.29, 0.717) is 23.9 Å². The Morgan fingerprint density at radius 1 is 1.12 bits per heavy atom. The normalized spacial score (nSPS) is 21.8. The molecule has 2 unspecified atom stereocenters. The van der Waals surface area contributed by atoms with Crippen LogP contribution in [0.4, 0.5) is 5.69 Å². The van der Waals surface area contributed by atoms with Gasteiger partial charge in [-0.25, -0.2) is 0 Å². The molecule has 3 N–H and O–H groups in total. The van der Waals surface area contributed by atoms with Gasteiger partial charge in [-0.2, -0.15) is 0 Å². The molecule has 2 heterocycles. The Morgan fingerprint density at radius 2 is 1.88 bits per heavy atom. The lowest BCUT2D eigenvalue weighted by atomic mass is 10.0. The first-order valence-electron chi connectivity index (χ1n) is 10.9. The number of benzene rings is 1. The van der Waals surface area contributed by atoms with Crippen molar-refractivity contribution in [2.45, 2.75) is 19.0 Å². The van der Waals surface area contributed by atoms with E-state index in [2.05, 4.69) is 23.8 Å². The van der Waals surface area contributed by atoms with E-state index in [1.54, 1.807) is 42.7 Å². The molecule has 1 aromatic carbocycles. The van der Waals surface area contributed by atoms with Crippen LogP contribution in [0, 0.1) is 0 Å². The summed E-state index contributed by atoms with van der Waals surface area (Å²) in [5, 5.41) is 15.9. The zero-order valence-electron chi connectivity index (χ0n) is 18.8. The smallest absolute Gasteiger partial charge is 0.181 e. The fraction of sp³-hybridized carbons (Fsp3) is 0.148. The first kappa shape index (κ1) is 22.8. The minimum Gasteiger partial charge on any atom is -0.508 e. The number of rotatable bonds is 4. The minimum atomic E-state index is -0.111. The van der Waals surface area contributed by atoms with Crippen LogP contribution in [-0.2, 0) is 14.3 Å². The molecule has 2 aliphatic carbocycles. The van der Waals surface area contributed by atoms with Crippen molar-refractivity contribution >= 4 is 11.5 Å². The van der Waals surface area contributed by atoms with Gasteiger partial charge in [0.25, 0.3) is 0 Å². The van der Waals surface area contributed by atoms with Crippen LogP contribution < -0.4 is 15.4 Å². The summed E-state index contributed by atoms with van der Waals surface area (Å²) in [6, 6.07) is 4.98. The summed E-state index contributed by atoms with van der Waals surface area (Å²) >= 11 is 0. The Kier molecular flexibility index (Phi) is 6.73. The number of hydrogen-bond donors (Lipinski definition) is 3. The summed E-state index contributed by atoms with van der Waals surface area (Å²) in [4.78, 5) is 11.3. The second-order valence-corrected chi connectivity index (χ2v) is 7.66. The van der Waals surface area contributed by atoms with E-state index in [0.717, 1.165) is 22.7 Å². The number of ketones is 1. The zero-order valence-corrected chi connectivity index (χ0v) is 18.8. The quantitative estimate of drug-likeness (QED) is 0.452. The molecule has 1 aromatic rings. The van der Waals surface area contributed by atoms with Gasteiger partial charge in [0.2, 0.25) is 0 Å². The number of carbonyl (C=O) groups excluding carboxylic acids is 1. The number of aromatic hydroxyl groups is 1. The van der Waals surface area contributed by atoms with Crippen LogP contribution in [0.25, 0.3) is 0 Å². The number of nitrogens with one attached hydrogen (secondary N) is 2. The molecule has 7 nitrogen and oxygen atoms in total. The molecule has 0 saturated carbocycles. The van der Waals surface area contributed by atoms with Gasteiger partial charge in [-0.05, 0) is 42.9 Å². The SMILES string of the molecule is C=C1C=CC2Nc3ccc(O)cc3OC2=C1.C=CC1=C(/C=C/OCC)OC2=CC(=O)C=CC2N1.